The molecule has 0 radical (unpaired) electrons. The van der Waals surface area contributed by atoms with Gasteiger partial charge in [-0.2, -0.15) is 0 Å². The number of hydrogen-bond donors (Lipinski definition) is 7. The SMILES string of the molecule is CCC(C)C(NC(=O)C(N)CC(N)=O)C(=O)NC(Cc1cnc[nH]1)C(=O)NC(C(=O)O)C(C)C. The van der Waals surface area contributed by atoms with Crippen molar-refractivity contribution in [1.29, 1.82) is 0 Å². The Morgan fingerprint density at radius 1 is 1.03 bits per heavy atom. The number of carbonyl (C=O) groups excluding carboxylic acids is 4. The summed E-state index contributed by atoms with van der Waals surface area (Å²) in [7, 11) is 0. The number of primary amides is 1. The van der Waals surface area contributed by atoms with Crippen LogP contribution in [0.25, 0.3) is 0 Å². The molecule has 0 saturated heterocycles. The number of nitrogens with one attached hydrogen (secondary N) is 4. The van der Waals surface area contributed by atoms with Crippen LogP contribution in [0.3, 0.4) is 0 Å². The molecule has 0 aliphatic rings. The molecule has 0 aliphatic heterocycles. The summed E-state index contributed by atoms with van der Waals surface area (Å²) in [5, 5.41) is 17.0. The number of nitrogens with two attached hydrogens (primary N) is 2. The molecular formula is C21H35N7O6. The Labute approximate surface area is 197 Å². The lowest BCUT2D eigenvalue weighted by atomic mass is 9.96. The highest BCUT2D eigenvalue weighted by molar-refractivity contribution is 5.95. The Morgan fingerprint density at radius 2 is 1.65 bits per heavy atom. The molecule has 34 heavy (non-hydrogen) atoms. The van der Waals surface area contributed by atoms with E-state index < -0.39 is 66.1 Å². The minimum absolute atomic E-state index is 0.00433. The highest BCUT2D eigenvalue weighted by Crippen LogP contribution is 2.11. The maximum absolute atomic E-state index is 13.1. The maximum atomic E-state index is 13.1. The van der Waals surface area contributed by atoms with E-state index in [2.05, 4.69) is 25.9 Å². The Kier molecular flexibility index (Phi) is 11.2. The predicted molar refractivity (Wildman–Crippen MR) is 122 cm³/mol. The van der Waals surface area contributed by atoms with Crippen molar-refractivity contribution in [3.63, 3.8) is 0 Å². The van der Waals surface area contributed by atoms with E-state index in [1.54, 1.807) is 20.8 Å². The van der Waals surface area contributed by atoms with Crippen LogP contribution in [0.5, 0.6) is 0 Å². The molecule has 4 amide bonds. The van der Waals surface area contributed by atoms with Crippen LogP contribution in [-0.4, -0.2) is 68.8 Å². The van der Waals surface area contributed by atoms with Gasteiger partial charge in [-0.25, -0.2) is 9.78 Å². The van der Waals surface area contributed by atoms with Crippen molar-refractivity contribution in [3.05, 3.63) is 18.2 Å². The lowest BCUT2D eigenvalue weighted by Crippen LogP contribution is -2.59. The first kappa shape index (κ1) is 28.6. The third-order valence-corrected chi connectivity index (χ3v) is 5.39. The van der Waals surface area contributed by atoms with E-state index in [9.17, 15) is 29.1 Å². The highest BCUT2D eigenvalue weighted by Gasteiger charge is 2.33. The minimum Gasteiger partial charge on any atom is -0.480 e. The van der Waals surface area contributed by atoms with Crippen molar-refractivity contribution in [2.24, 2.45) is 23.3 Å². The quantitative estimate of drug-likeness (QED) is 0.163. The number of amides is 4. The largest absolute Gasteiger partial charge is 0.480 e. The van der Waals surface area contributed by atoms with E-state index in [0.29, 0.717) is 12.1 Å². The third-order valence-electron chi connectivity index (χ3n) is 5.39. The number of aliphatic carboxylic acids is 1. The number of nitrogens with zero attached hydrogens (tertiary/aromatic N) is 1. The molecule has 1 rings (SSSR count). The van der Waals surface area contributed by atoms with Crippen molar-refractivity contribution < 1.29 is 29.1 Å². The van der Waals surface area contributed by atoms with Gasteiger partial charge in [-0.3, -0.25) is 19.2 Å². The van der Waals surface area contributed by atoms with Crippen molar-refractivity contribution in [3.8, 4) is 0 Å². The molecule has 1 aromatic rings. The molecule has 13 heteroatoms. The van der Waals surface area contributed by atoms with Crippen molar-refractivity contribution in [1.82, 2.24) is 25.9 Å². The number of H-pyrrole nitrogens is 1. The van der Waals surface area contributed by atoms with Crippen LogP contribution >= 0.6 is 0 Å². The number of aromatic amines is 1. The van der Waals surface area contributed by atoms with Crippen molar-refractivity contribution >= 4 is 29.6 Å². The highest BCUT2D eigenvalue weighted by atomic mass is 16.4. The molecule has 13 nitrogen and oxygen atoms in total. The van der Waals surface area contributed by atoms with Gasteiger partial charge in [-0.05, 0) is 11.8 Å². The summed E-state index contributed by atoms with van der Waals surface area (Å²) in [6.07, 6.45) is 3.00. The van der Waals surface area contributed by atoms with Crippen LogP contribution in [0.2, 0.25) is 0 Å². The van der Waals surface area contributed by atoms with Crippen LogP contribution in [0.15, 0.2) is 12.5 Å². The minimum atomic E-state index is -1.23. The maximum Gasteiger partial charge on any atom is 0.326 e. The van der Waals surface area contributed by atoms with E-state index >= 15 is 0 Å². The summed E-state index contributed by atoms with van der Waals surface area (Å²) < 4.78 is 0. The Morgan fingerprint density at radius 3 is 2.12 bits per heavy atom. The smallest absolute Gasteiger partial charge is 0.326 e. The average Bonchev–Trinajstić information content (AvgIpc) is 3.26. The molecular weight excluding hydrogens is 446 g/mol. The molecule has 0 saturated carbocycles. The summed E-state index contributed by atoms with van der Waals surface area (Å²) >= 11 is 0. The van der Waals surface area contributed by atoms with Gasteiger partial charge in [0.05, 0.1) is 18.8 Å². The van der Waals surface area contributed by atoms with E-state index in [-0.39, 0.29) is 12.3 Å². The van der Waals surface area contributed by atoms with E-state index in [1.165, 1.54) is 12.5 Å². The van der Waals surface area contributed by atoms with Crippen LogP contribution in [0, 0.1) is 11.8 Å². The zero-order chi connectivity index (χ0) is 26.0. The van der Waals surface area contributed by atoms with Crippen molar-refractivity contribution in [2.75, 3.05) is 0 Å². The molecule has 1 heterocycles. The fraction of sp³-hybridized carbons (Fsp3) is 0.619. The Balaban J connectivity index is 3.09. The molecule has 0 aliphatic carbocycles. The number of carbonyl (C=O) groups is 5. The van der Waals surface area contributed by atoms with Gasteiger partial charge >= 0.3 is 5.97 Å². The van der Waals surface area contributed by atoms with Gasteiger partial charge < -0.3 is 37.5 Å². The van der Waals surface area contributed by atoms with Gasteiger partial charge in [0.2, 0.25) is 23.6 Å². The number of carboxylic acids is 1. The van der Waals surface area contributed by atoms with E-state index in [4.69, 9.17) is 11.5 Å². The van der Waals surface area contributed by atoms with Crippen LogP contribution in [-0.2, 0) is 30.4 Å². The fourth-order valence-corrected chi connectivity index (χ4v) is 3.13. The molecule has 9 N–H and O–H groups in total. The third kappa shape index (κ3) is 8.81. The summed E-state index contributed by atoms with van der Waals surface area (Å²) in [5.41, 5.74) is 11.3. The topological polar surface area (TPSA) is 222 Å². The predicted octanol–water partition coefficient (Wildman–Crippen LogP) is -1.60. The molecule has 5 unspecified atom stereocenters. The zero-order valence-corrected chi connectivity index (χ0v) is 19.8. The first-order valence-corrected chi connectivity index (χ1v) is 11.0. The van der Waals surface area contributed by atoms with E-state index in [0.717, 1.165) is 0 Å². The summed E-state index contributed by atoms with van der Waals surface area (Å²) in [4.78, 5) is 67.8. The monoisotopic (exact) mass is 481 g/mol. The van der Waals surface area contributed by atoms with Gasteiger partial charge in [0.1, 0.15) is 18.1 Å². The standard InChI is InChI=1S/C21H35N7O6/c1-5-11(4)17(28-18(30)13(22)7-15(23)29)20(32)26-14(6-12-8-24-9-25-12)19(31)27-16(10(2)3)21(33)34/h8-11,13-14,16-17H,5-7,22H2,1-4H3,(H2,23,29)(H,24,25)(H,26,32)(H,27,31)(H,28,30)(H,33,34). The second-order valence-corrected chi connectivity index (χ2v) is 8.56. The fourth-order valence-electron chi connectivity index (χ4n) is 3.13. The lowest BCUT2D eigenvalue weighted by Gasteiger charge is -2.28. The van der Waals surface area contributed by atoms with Crippen LogP contribution in [0.1, 0.15) is 46.2 Å². The molecule has 0 aromatic carbocycles. The van der Waals surface area contributed by atoms with Gasteiger partial charge in [0.25, 0.3) is 0 Å². The molecule has 5 atom stereocenters. The normalized spacial score (nSPS) is 15.5. The summed E-state index contributed by atoms with van der Waals surface area (Å²) in [6.45, 7) is 6.83. The average molecular weight is 482 g/mol. The summed E-state index contributed by atoms with van der Waals surface area (Å²) in [6, 6.07) is -4.61. The summed E-state index contributed by atoms with van der Waals surface area (Å²) in [5.74, 6) is -4.81. The number of carboxylic acid groups (broad SMARTS) is 1. The molecule has 190 valence electrons. The van der Waals surface area contributed by atoms with Crippen molar-refractivity contribution in [2.45, 2.75) is 71.1 Å². The first-order valence-electron chi connectivity index (χ1n) is 11.0. The number of hydrogen-bond acceptors (Lipinski definition) is 7. The molecule has 0 spiro atoms. The van der Waals surface area contributed by atoms with Gasteiger partial charge in [-0.15, -0.1) is 0 Å². The second kappa shape index (κ2) is 13.3. The molecule has 1 aromatic heterocycles. The lowest BCUT2D eigenvalue weighted by molar-refractivity contribution is -0.143. The number of imidazole rings is 1. The van der Waals surface area contributed by atoms with Crippen LogP contribution in [0.4, 0.5) is 0 Å². The molecule has 0 fully saturated rings. The number of rotatable bonds is 14. The van der Waals surface area contributed by atoms with E-state index in [1.807, 2.05) is 6.92 Å². The first-order chi connectivity index (χ1) is 15.9. The van der Waals surface area contributed by atoms with Gasteiger partial charge in [0, 0.05) is 18.3 Å². The molecule has 0 bridgehead atoms. The zero-order valence-electron chi connectivity index (χ0n) is 19.8. The number of aromatic nitrogens is 2. The van der Waals surface area contributed by atoms with Gasteiger partial charge in [0.15, 0.2) is 0 Å². The Bertz CT molecular complexity index is 858. The van der Waals surface area contributed by atoms with Crippen LogP contribution < -0.4 is 27.4 Å². The Hall–Kier alpha value is -3.48. The van der Waals surface area contributed by atoms with Gasteiger partial charge in [-0.1, -0.05) is 34.1 Å². The second-order valence-electron chi connectivity index (χ2n) is 8.56.